The fraction of sp³-hybridized carbons (Fsp3) is 0.318. The summed E-state index contributed by atoms with van der Waals surface area (Å²) in [6.45, 7) is 1.92. The second kappa shape index (κ2) is 7.58. The lowest BCUT2D eigenvalue weighted by molar-refractivity contribution is -0.147. The van der Waals surface area contributed by atoms with Gasteiger partial charge in [-0.2, -0.15) is 0 Å². The molecule has 0 aromatic heterocycles. The highest BCUT2D eigenvalue weighted by molar-refractivity contribution is 5.83. The van der Waals surface area contributed by atoms with Crippen LogP contribution in [0.5, 0.6) is 0 Å². The smallest absolute Gasteiger partial charge is 0.410 e. The number of aliphatic carboxylic acids is 1. The van der Waals surface area contributed by atoms with E-state index in [0.717, 1.165) is 22.3 Å². The van der Waals surface area contributed by atoms with Crippen LogP contribution >= 0.6 is 0 Å². The maximum atomic E-state index is 12.7. The first-order valence-electron chi connectivity index (χ1n) is 9.57. The Morgan fingerprint density at radius 1 is 1.00 bits per heavy atom. The van der Waals surface area contributed by atoms with Crippen molar-refractivity contribution in [2.24, 2.45) is 0 Å². The number of carboxylic acid groups (broad SMARTS) is 1. The number of fused-ring (bicyclic) bond motifs is 3. The molecule has 1 atom stereocenters. The number of piperazine rings is 1. The number of hydrogen-bond donors (Lipinski definition) is 1. The van der Waals surface area contributed by atoms with Crippen molar-refractivity contribution in [1.82, 2.24) is 9.80 Å². The Labute approximate surface area is 168 Å². The predicted molar refractivity (Wildman–Crippen MR) is 105 cm³/mol. The number of hydrogen-bond acceptors (Lipinski definition) is 4. The summed E-state index contributed by atoms with van der Waals surface area (Å²) in [6.07, 6.45) is -0.664. The van der Waals surface area contributed by atoms with E-state index in [-0.39, 0.29) is 31.5 Å². The fourth-order valence-electron chi connectivity index (χ4n) is 4.18. The van der Waals surface area contributed by atoms with Gasteiger partial charge in [-0.05, 0) is 22.3 Å². The predicted octanol–water partition coefficient (Wildman–Crippen LogP) is 2.55. The van der Waals surface area contributed by atoms with Gasteiger partial charge in [0, 0.05) is 25.9 Å². The second-order valence-corrected chi connectivity index (χ2v) is 7.32. The van der Waals surface area contributed by atoms with Gasteiger partial charge in [-0.25, -0.2) is 9.59 Å². The average Bonchev–Trinajstić information content (AvgIpc) is 3.05. The molecule has 2 aromatic carbocycles. The molecule has 150 valence electrons. The Kier molecular flexibility index (Phi) is 4.96. The summed E-state index contributed by atoms with van der Waals surface area (Å²) < 4.78 is 5.58. The Balaban J connectivity index is 1.50. The van der Waals surface area contributed by atoms with Gasteiger partial charge in [-0.3, -0.25) is 9.69 Å². The van der Waals surface area contributed by atoms with Crippen LogP contribution < -0.4 is 0 Å². The van der Waals surface area contributed by atoms with E-state index in [1.165, 1.54) is 16.7 Å². The molecule has 1 N–H and O–H groups in total. The Morgan fingerprint density at radius 2 is 1.59 bits per heavy atom. The van der Waals surface area contributed by atoms with Crippen molar-refractivity contribution >= 4 is 18.0 Å². The molecule has 1 heterocycles. The molecule has 2 aliphatic rings. The molecule has 0 bridgehead atoms. The molecule has 1 fully saturated rings. The summed E-state index contributed by atoms with van der Waals surface area (Å²) in [4.78, 5) is 38.6. The molecule has 7 nitrogen and oxygen atoms in total. The lowest BCUT2D eigenvalue weighted by atomic mass is 9.98. The van der Waals surface area contributed by atoms with Crippen LogP contribution in [0, 0.1) is 0 Å². The van der Waals surface area contributed by atoms with Crippen LogP contribution in [0.25, 0.3) is 11.1 Å². The monoisotopic (exact) mass is 394 g/mol. The van der Waals surface area contributed by atoms with Gasteiger partial charge in [0.15, 0.2) is 0 Å². The summed E-state index contributed by atoms with van der Waals surface area (Å²) >= 11 is 0. The van der Waals surface area contributed by atoms with E-state index in [1.807, 2.05) is 36.4 Å². The largest absolute Gasteiger partial charge is 0.480 e. The minimum absolute atomic E-state index is 0.0329. The normalized spacial score (nSPS) is 18.2. The first-order chi connectivity index (χ1) is 14.0. The van der Waals surface area contributed by atoms with E-state index >= 15 is 0 Å². The highest BCUT2D eigenvalue weighted by Gasteiger charge is 2.38. The quantitative estimate of drug-likeness (QED) is 0.865. The average molecular weight is 394 g/mol. The van der Waals surface area contributed by atoms with E-state index in [4.69, 9.17) is 4.74 Å². The highest BCUT2D eigenvalue weighted by Crippen LogP contribution is 2.44. The first kappa shape index (κ1) is 19.0. The number of carbonyl (C=O) groups is 3. The number of ether oxygens (including phenoxy) is 1. The summed E-state index contributed by atoms with van der Waals surface area (Å²) in [5.41, 5.74) is 4.45. The van der Waals surface area contributed by atoms with Crippen molar-refractivity contribution in [2.45, 2.75) is 18.9 Å². The molecule has 29 heavy (non-hydrogen) atoms. The zero-order valence-corrected chi connectivity index (χ0v) is 16.1. The van der Waals surface area contributed by atoms with Gasteiger partial charge in [0.2, 0.25) is 5.91 Å². The van der Waals surface area contributed by atoms with Gasteiger partial charge in [0.1, 0.15) is 12.6 Å². The molecule has 1 aliphatic heterocycles. The molecule has 1 aliphatic carbocycles. The number of carbonyl (C=O) groups excluding carboxylic acids is 2. The van der Waals surface area contributed by atoms with Crippen LogP contribution in [-0.2, 0) is 14.3 Å². The van der Waals surface area contributed by atoms with E-state index in [1.54, 1.807) is 0 Å². The minimum atomic E-state index is -1.15. The lowest BCUT2D eigenvalue weighted by Crippen LogP contribution is -2.59. The van der Waals surface area contributed by atoms with E-state index in [0.29, 0.717) is 6.54 Å². The SMILES string of the molecule is CC(=O)N1CCN(C(=O)OCC2c3ccccc3-c3ccccc32)[C@H](C(=O)O)C1. The first-order valence-corrected chi connectivity index (χ1v) is 9.57. The van der Waals surface area contributed by atoms with Crippen molar-refractivity contribution in [3.05, 3.63) is 59.7 Å². The van der Waals surface area contributed by atoms with E-state index < -0.39 is 18.1 Å². The van der Waals surface area contributed by atoms with Crippen molar-refractivity contribution in [3.63, 3.8) is 0 Å². The molecule has 0 unspecified atom stereocenters. The fourth-order valence-corrected chi connectivity index (χ4v) is 4.18. The second-order valence-electron chi connectivity index (χ2n) is 7.32. The molecule has 0 saturated carbocycles. The summed E-state index contributed by atoms with van der Waals surface area (Å²) in [5, 5.41) is 9.51. The number of benzene rings is 2. The van der Waals surface area contributed by atoms with Crippen molar-refractivity contribution < 1.29 is 24.2 Å². The van der Waals surface area contributed by atoms with Gasteiger partial charge in [0.25, 0.3) is 0 Å². The Morgan fingerprint density at radius 3 is 2.14 bits per heavy atom. The van der Waals surface area contributed by atoms with Crippen LogP contribution in [0.2, 0.25) is 0 Å². The molecule has 4 rings (SSSR count). The van der Waals surface area contributed by atoms with Gasteiger partial charge in [0.05, 0.1) is 6.54 Å². The third kappa shape index (κ3) is 3.44. The van der Waals surface area contributed by atoms with Crippen molar-refractivity contribution in [3.8, 4) is 11.1 Å². The van der Waals surface area contributed by atoms with Gasteiger partial charge < -0.3 is 14.7 Å². The lowest BCUT2D eigenvalue weighted by Gasteiger charge is -2.38. The van der Waals surface area contributed by atoms with Crippen molar-refractivity contribution in [2.75, 3.05) is 26.2 Å². The third-order valence-electron chi connectivity index (χ3n) is 5.68. The summed E-state index contributed by atoms with van der Waals surface area (Å²) in [6, 6.07) is 14.9. The maximum Gasteiger partial charge on any atom is 0.410 e. The number of carboxylic acids is 1. The maximum absolute atomic E-state index is 12.7. The zero-order valence-electron chi connectivity index (χ0n) is 16.1. The Bertz CT molecular complexity index is 928. The van der Waals surface area contributed by atoms with Gasteiger partial charge in [-0.1, -0.05) is 48.5 Å². The number of amides is 2. The molecule has 2 aromatic rings. The van der Waals surface area contributed by atoms with Gasteiger partial charge in [-0.15, -0.1) is 0 Å². The van der Waals surface area contributed by atoms with Crippen LogP contribution in [0.3, 0.4) is 0 Å². The van der Waals surface area contributed by atoms with Crippen LogP contribution in [-0.4, -0.2) is 65.2 Å². The van der Waals surface area contributed by atoms with Gasteiger partial charge >= 0.3 is 12.1 Å². The Hall–Kier alpha value is -3.35. The van der Waals surface area contributed by atoms with Crippen LogP contribution in [0.4, 0.5) is 4.79 Å². The number of nitrogens with zero attached hydrogens (tertiary/aromatic N) is 2. The zero-order chi connectivity index (χ0) is 20.5. The summed E-state index contributed by atoms with van der Waals surface area (Å²) in [7, 11) is 0. The molecule has 7 heteroatoms. The minimum Gasteiger partial charge on any atom is -0.480 e. The highest BCUT2D eigenvalue weighted by atomic mass is 16.6. The molecule has 0 radical (unpaired) electrons. The standard InChI is InChI=1S/C22H22N2O5/c1-14(25)23-10-11-24(20(12-23)21(26)27)22(28)29-13-19-17-8-4-2-6-15(17)16-7-3-5-9-18(16)19/h2-9,19-20H,10-13H2,1H3,(H,26,27)/t20-/m0/s1. The molecular weight excluding hydrogens is 372 g/mol. The summed E-state index contributed by atoms with van der Waals surface area (Å²) in [5.74, 6) is -1.44. The van der Waals surface area contributed by atoms with Crippen molar-refractivity contribution in [1.29, 1.82) is 0 Å². The van der Waals surface area contributed by atoms with E-state index in [9.17, 15) is 19.5 Å². The number of rotatable bonds is 3. The van der Waals surface area contributed by atoms with Crippen LogP contribution in [0.15, 0.2) is 48.5 Å². The molecule has 1 saturated heterocycles. The molecule has 2 amide bonds. The van der Waals surface area contributed by atoms with E-state index in [2.05, 4.69) is 12.1 Å². The third-order valence-corrected chi connectivity index (χ3v) is 5.68. The molecule has 0 spiro atoms. The molecular formula is C22H22N2O5. The van der Waals surface area contributed by atoms with Crippen LogP contribution in [0.1, 0.15) is 24.0 Å². The topological polar surface area (TPSA) is 87.2 Å².